The molecule has 1 N–H and O–H groups in total. The van der Waals surface area contributed by atoms with E-state index in [1.807, 2.05) is 12.1 Å². The molecule has 0 saturated heterocycles. The van der Waals surface area contributed by atoms with Crippen LogP contribution in [-0.4, -0.2) is 25.7 Å². The summed E-state index contributed by atoms with van der Waals surface area (Å²) in [5.74, 6) is 0.0109. The quantitative estimate of drug-likeness (QED) is 0.832. The van der Waals surface area contributed by atoms with Crippen molar-refractivity contribution in [1.29, 1.82) is 0 Å². The van der Waals surface area contributed by atoms with E-state index in [-0.39, 0.29) is 15.7 Å². The molecule has 0 fully saturated rings. The lowest BCUT2D eigenvalue weighted by Crippen LogP contribution is -2.23. The lowest BCUT2D eigenvalue weighted by atomic mass is 10.3. The number of nitrogens with one attached hydrogen (secondary N) is 1. The molecule has 0 saturated carbocycles. The molecule has 1 heterocycles. The predicted octanol–water partition coefficient (Wildman–Crippen LogP) is 2.30. The Labute approximate surface area is 123 Å². The summed E-state index contributed by atoms with van der Waals surface area (Å²) in [6.45, 7) is 0.953. The van der Waals surface area contributed by atoms with E-state index in [4.69, 9.17) is 11.6 Å². The zero-order valence-electron chi connectivity index (χ0n) is 10.8. The molecule has 0 aliphatic carbocycles. The van der Waals surface area contributed by atoms with E-state index in [1.54, 1.807) is 30.6 Å². The number of pyridine rings is 1. The third-order valence-electron chi connectivity index (χ3n) is 2.77. The van der Waals surface area contributed by atoms with Crippen LogP contribution in [0.5, 0.6) is 0 Å². The highest BCUT2D eigenvalue weighted by Crippen LogP contribution is 2.21. The molecule has 0 spiro atoms. The van der Waals surface area contributed by atoms with Crippen molar-refractivity contribution in [3.63, 3.8) is 0 Å². The second-order valence-corrected chi connectivity index (χ2v) is 6.77. The Kier molecular flexibility index (Phi) is 5.11. The SMILES string of the molecule is O=S(=O)(CCNCc1cccnc1)c1ccccc1Cl. The number of halogens is 1. The second kappa shape index (κ2) is 6.83. The van der Waals surface area contributed by atoms with Crippen molar-refractivity contribution in [2.75, 3.05) is 12.3 Å². The highest BCUT2D eigenvalue weighted by atomic mass is 35.5. The summed E-state index contributed by atoms with van der Waals surface area (Å²) in [5, 5.41) is 3.35. The molecule has 0 unspecified atom stereocenters. The highest BCUT2D eigenvalue weighted by Gasteiger charge is 2.16. The Morgan fingerprint density at radius 2 is 1.95 bits per heavy atom. The van der Waals surface area contributed by atoms with Gasteiger partial charge >= 0.3 is 0 Å². The van der Waals surface area contributed by atoms with Gasteiger partial charge in [0.05, 0.1) is 15.7 Å². The summed E-state index contributed by atoms with van der Waals surface area (Å²) < 4.78 is 24.3. The lowest BCUT2D eigenvalue weighted by Gasteiger charge is -2.07. The number of hydrogen-bond donors (Lipinski definition) is 1. The van der Waals surface area contributed by atoms with Gasteiger partial charge in [-0.25, -0.2) is 8.42 Å². The van der Waals surface area contributed by atoms with Gasteiger partial charge < -0.3 is 5.32 Å². The molecule has 20 heavy (non-hydrogen) atoms. The molecule has 2 rings (SSSR count). The molecule has 1 aromatic heterocycles. The number of benzene rings is 1. The fourth-order valence-corrected chi connectivity index (χ4v) is 3.52. The van der Waals surface area contributed by atoms with Crippen molar-refractivity contribution < 1.29 is 8.42 Å². The summed E-state index contributed by atoms with van der Waals surface area (Å²) in [4.78, 5) is 4.18. The van der Waals surface area contributed by atoms with E-state index < -0.39 is 9.84 Å². The fraction of sp³-hybridized carbons (Fsp3) is 0.214. The molecule has 0 aliphatic heterocycles. The molecule has 2 aromatic rings. The Bertz CT molecular complexity index is 660. The first-order chi connectivity index (χ1) is 9.59. The highest BCUT2D eigenvalue weighted by molar-refractivity contribution is 7.91. The molecule has 106 valence electrons. The standard InChI is InChI=1S/C14H15ClN2O2S/c15-13-5-1-2-6-14(13)20(18,19)9-8-17-11-12-4-3-7-16-10-12/h1-7,10,17H,8-9,11H2. The molecular weight excluding hydrogens is 296 g/mol. The van der Waals surface area contributed by atoms with Crippen LogP contribution in [-0.2, 0) is 16.4 Å². The summed E-state index contributed by atoms with van der Waals surface area (Å²) in [7, 11) is -3.36. The minimum atomic E-state index is -3.36. The van der Waals surface area contributed by atoms with E-state index in [9.17, 15) is 8.42 Å². The average molecular weight is 311 g/mol. The van der Waals surface area contributed by atoms with Gasteiger partial charge in [0.1, 0.15) is 0 Å². The molecule has 6 heteroatoms. The minimum Gasteiger partial charge on any atom is -0.312 e. The number of nitrogens with zero attached hydrogens (tertiary/aromatic N) is 1. The Hall–Kier alpha value is -1.43. The van der Waals surface area contributed by atoms with Crippen LogP contribution in [0.2, 0.25) is 5.02 Å². The van der Waals surface area contributed by atoms with Crippen LogP contribution in [0.25, 0.3) is 0 Å². The van der Waals surface area contributed by atoms with Crippen molar-refractivity contribution in [3.8, 4) is 0 Å². The maximum atomic E-state index is 12.1. The van der Waals surface area contributed by atoms with Crippen molar-refractivity contribution in [3.05, 3.63) is 59.4 Å². The number of sulfone groups is 1. The smallest absolute Gasteiger partial charge is 0.181 e. The molecular formula is C14H15ClN2O2S. The van der Waals surface area contributed by atoms with Crippen LogP contribution < -0.4 is 5.32 Å². The van der Waals surface area contributed by atoms with E-state index in [0.717, 1.165) is 5.56 Å². The summed E-state index contributed by atoms with van der Waals surface area (Å²) >= 11 is 5.91. The van der Waals surface area contributed by atoms with E-state index in [0.29, 0.717) is 13.1 Å². The number of aromatic nitrogens is 1. The lowest BCUT2D eigenvalue weighted by molar-refractivity contribution is 0.590. The normalized spacial score (nSPS) is 11.4. The number of hydrogen-bond acceptors (Lipinski definition) is 4. The largest absolute Gasteiger partial charge is 0.312 e. The van der Waals surface area contributed by atoms with E-state index in [1.165, 1.54) is 6.07 Å². The zero-order chi connectivity index (χ0) is 14.4. The van der Waals surface area contributed by atoms with Gasteiger partial charge in [0.15, 0.2) is 9.84 Å². The van der Waals surface area contributed by atoms with Gasteiger partial charge in [0.25, 0.3) is 0 Å². The van der Waals surface area contributed by atoms with Crippen molar-refractivity contribution in [1.82, 2.24) is 10.3 Å². The first-order valence-corrected chi connectivity index (χ1v) is 8.19. The predicted molar refractivity (Wildman–Crippen MR) is 79.4 cm³/mol. The number of rotatable bonds is 6. The van der Waals surface area contributed by atoms with Crippen molar-refractivity contribution in [2.24, 2.45) is 0 Å². The minimum absolute atomic E-state index is 0.0109. The summed E-state index contributed by atoms with van der Waals surface area (Å²) in [6.07, 6.45) is 3.45. The van der Waals surface area contributed by atoms with Crippen LogP contribution in [0.15, 0.2) is 53.7 Å². The molecule has 0 radical (unpaired) electrons. The van der Waals surface area contributed by atoms with Gasteiger partial charge in [-0.15, -0.1) is 0 Å². The second-order valence-electron chi connectivity index (χ2n) is 4.29. The monoisotopic (exact) mass is 310 g/mol. The molecule has 0 atom stereocenters. The van der Waals surface area contributed by atoms with Crippen molar-refractivity contribution in [2.45, 2.75) is 11.4 Å². The molecule has 0 bridgehead atoms. The van der Waals surface area contributed by atoms with Gasteiger partial charge in [-0.1, -0.05) is 29.8 Å². The van der Waals surface area contributed by atoms with Crippen LogP contribution >= 0.6 is 11.6 Å². The third kappa shape index (κ3) is 4.03. The summed E-state index contributed by atoms with van der Waals surface area (Å²) in [5.41, 5.74) is 1.02. The fourth-order valence-electron chi connectivity index (χ4n) is 1.75. The maximum Gasteiger partial charge on any atom is 0.181 e. The van der Waals surface area contributed by atoms with E-state index >= 15 is 0 Å². The Morgan fingerprint density at radius 1 is 1.15 bits per heavy atom. The first-order valence-electron chi connectivity index (χ1n) is 6.16. The average Bonchev–Trinajstić information content (AvgIpc) is 2.45. The van der Waals surface area contributed by atoms with Crippen LogP contribution in [0.4, 0.5) is 0 Å². The molecule has 1 aromatic carbocycles. The van der Waals surface area contributed by atoms with Gasteiger partial charge in [0.2, 0.25) is 0 Å². The van der Waals surface area contributed by atoms with Gasteiger partial charge in [-0.2, -0.15) is 0 Å². The van der Waals surface area contributed by atoms with Gasteiger partial charge in [0, 0.05) is 25.5 Å². The van der Waals surface area contributed by atoms with E-state index in [2.05, 4.69) is 10.3 Å². The maximum absolute atomic E-state index is 12.1. The van der Waals surface area contributed by atoms with Crippen LogP contribution in [0.1, 0.15) is 5.56 Å². The topological polar surface area (TPSA) is 59.1 Å². The van der Waals surface area contributed by atoms with Crippen molar-refractivity contribution >= 4 is 21.4 Å². The Morgan fingerprint density at radius 3 is 2.65 bits per heavy atom. The van der Waals surface area contributed by atoms with Crippen LogP contribution in [0.3, 0.4) is 0 Å². The molecule has 4 nitrogen and oxygen atoms in total. The first kappa shape index (κ1) is 15.0. The third-order valence-corrected chi connectivity index (χ3v) is 4.98. The summed E-state index contributed by atoms with van der Waals surface area (Å²) in [6, 6.07) is 10.3. The zero-order valence-corrected chi connectivity index (χ0v) is 12.4. The Balaban J connectivity index is 1.89. The molecule has 0 aliphatic rings. The van der Waals surface area contributed by atoms with Gasteiger partial charge in [-0.3, -0.25) is 4.98 Å². The molecule has 0 amide bonds. The van der Waals surface area contributed by atoms with Gasteiger partial charge in [-0.05, 0) is 23.8 Å². The van der Waals surface area contributed by atoms with Crippen LogP contribution in [0, 0.1) is 0 Å².